The van der Waals surface area contributed by atoms with Gasteiger partial charge in [0, 0.05) is 20.1 Å². The molecule has 0 aliphatic carbocycles. The van der Waals surface area contributed by atoms with Gasteiger partial charge in [0.05, 0.1) is 11.3 Å². The van der Waals surface area contributed by atoms with Crippen LogP contribution in [-0.4, -0.2) is 26.0 Å². The molecule has 1 heterocycles. The largest absolute Gasteiger partial charge is 0.371 e. The average Bonchev–Trinajstić information content (AvgIpc) is 2.81. The van der Waals surface area contributed by atoms with E-state index in [0.717, 1.165) is 24.3 Å². The molecule has 1 aromatic rings. The molecular weight excluding hydrogens is 200 g/mol. The topological polar surface area (TPSA) is 32.3 Å². The van der Waals surface area contributed by atoms with Gasteiger partial charge in [-0.3, -0.25) is 4.79 Å². The number of hydrogen-bond donors (Lipinski definition) is 1. The van der Waals surface area contributed by atoms with Crippen LogP contribution >= 0.6 is 0 Å². The molecule has 1 aliphatic rings. The van der Waals surface area contributed by atoms with Gasteiger partial charge < -0.3 is 10.2 Å². The van der Waals surface area contributed by atoms with E-state index in [9.17, 15) is 4.79 Å². The zero-order valence-electron chi connectivity index (χ0n) is 9.92. The number of hydrogen-bond acceptors (Lipinski definition) is 2. The van der Waals surface area contributed by atoms with Gasteiger partial charge in [0.2, 0.25) is 0 Å². The zero-order chi connectivity index (χ0) is 11.5. The van der Waals surface area contributed by atoms with Crippen LogP contribution < -0.4 is 10.2 Å². The van der Waals surface area contributed by atoms with Crippen molar-refractivity contribution in [2.45, 2.75) is 19.8 Å². The van der Waals surface area contributed by atoms with Gasteiger partial charge in [-0.2, -0.15) is 0 Å². The number of rotatable bonds is 2. The summed E-state index contributed by atoms with van der Waals surface area (Å²) in [4.78, 5) is 14.1. The SMILES string of the molecule is CNC(=O)c1cccc(C)c1N1CCCC1. The maximum Gasteiger partial charge on any atom is 0.253 e. The summed E-state index contributed by atoms with van der Waals surface area (Å²) in [5, 5.41) is 2.71. The summed E-state index contributed by atoms with van der Waals surface area (Å²) >= 11 is 0. The summed E-state index contributed by atoms with van der Waals surface area (Å²) in [6, 6.07) is 5.92. The summed E-state index contributed by atoms with van der Waals surface area (Å²) in [6.45, 7) is 4.20. The van der Waals surface area contributed by atoms with Crippen molar-refractivity contribution in [1.29, 1.82) is 0 Å². The highest BCUT2D eigenvalue weighted by Crippen LogP contribution is 2.28. The van der Waals surface area contributed by atoms with E-state index in [4.69, 9.17) is 0 Å². The first-order valence-corrected chi connectivity index (χ1v) is 5.80. The molecule has 0 spiro atoms. The lowest BCUT2D eigenvalue weighted by atomic mass is 10.1. The van der Waals surface area contributed by atoms with E-state index in [1.807, 2.05) is 12.1 Å². The first-order valence-electron chi connectivity index (χ1n) is 5.80. The van der Waals surface area contributed by atoms with Gasteiger partial charge in [-0.25, -0.2) is 0 Å². The number of benzene rings is 1. The summed E-state index contributed by atoms with van der Waals surface area (Å²) in [5.74, 6) is 0.00519. The molecule has 86 valence electrons. The average molecular weight is 218 g/mol. The maximum absolute atomic E-state index is 11.8. The third-order valence-electron chi connectivity index (χ3n) is 3.13. The molecule has 1 aliphatic heterocycles. The van der Waals surface area contributed by atoms with Gasteiger partial charge in [-0.15, -0.1) is 0 Å². The minimum atomic E-state index is 0.00519. The molecule has 0 radical (unpaired) electrons. The van der Waals surface area contributed by atoms with Crippen LogP contribution in [-0.2, 0) is 0 Å². The van der Waals surface area contributed by atoms with Gasteiger partial charge in [0.25, 0.3) is 5.91 Å². The van der Waals surface area contributed by atoms with Crippen molar-refractivity contribution in [3.8, 4) is 0 Å². The van der Waals surface area contributed by atoms with Crippen LogP contribution in [0.2, 0.25) is 0 Å². The highest BCUT2D eigenvalue weighted by molar-refractivity contribution is 6.00. The van der Waals surface area contributed by atoms with Crippen LogP contribution in [0.3, 0.4) is 0 Å². The Bertz CT molecular complexity index is 395. The molecular formula is C13H18N2O. The standard InChI is InChI=1S/C13H18N2O/c1-10-6-5-7-11(13(16)14-2)12(10)15-8-3-4-9-15/h5-7H,3-4,8-9H2,1-2H3,(H,14,16). The van der Waals surface area contributed by atoms with E-state index in [0.29, 0.717) is 0 Å². The lowest BCUT2D eigenvalue weighted by molar-refractivity contribution is 0.0963. The predicted octanol–water partition coefficient (Wildman–Crippen LogP) is 1.95. The van der Waals surface area contributed by atoms with E-state index in [1.165, 1.54) is 18.4 Å². The van der Waals surface area contributed by atoms with Crippen LogP contribution in [0.1, 0.15) is 28.8 Å². The molecule has 0 saturated carbocycles. The third-order valence-corrected chi connectivity index (χ3v) is 3.13. The minimum absolute atomic E-state index is 0.00519. The second-order valence-corrected chi connectivity index (χ2v) is 4.24. The quantitative estimate of drug-likeness (QED) is 0.823. The van der Waals surface area contributed by atoms with E-state index < -0.39 is 0 Å². The number of nitrogens with zero attached hydrogens (tertiary/aromatic N) is 1. The molecule has 3 nitrogen and oxygen atoms in total. The van der Waals surface area contributed by atoms with E-state index in [-0.39, 0.29) is 5.91 Å². The summed E-state index contributed by atoms with van der Waals surface area (Å²) in [5.41, 5.74) is 3.09. The van der Waals surface area contributed by atoms with E-state index in [1.54, 1.807) is 7.05 Å². The molecule has 0 bridgehead atoms. The van der Waals surface area contributed by atoms with Crippen molar-refractivity contribution in [2.75, 3.05) is 25.0 Å². The molecule has 1 saturated heterocycles. The van der Waals surface area contributed by atoms with Gasteiger partial charge in [-0.1, -0.05) is 12.1 Å². The van der Waals surface area contributed by atoms with Crippen molar-refractivity contribution in [3.05, 3.63) is 29.3 Å². The second-order valence-electron chi connectivity index (χ2n) is 4.24. The number of amides is 1. The summed E-state index contributed by atoms with van der Waals surface area (Å²) in [7, 11) is 1.68. The van der Waals surface area contributed by atoms with E-state index in [2.05, 4.69) is 23.2 Å². The Morgan fingerprint density at radius 2 is 2.00 bits per heavy atom. The van der Waals surface area contributed by atoms with Crippen LogP contribution in [0.4, 0.5) is 5.69 Å². The molecule has 2 rings (SSSR count). The maximum atomic E-state index is 11.8. The highest BCUT2D eigenvalue weighted by atomic mass is 16.1. The van der Waals surface area contributed by atoms with Gasteiger partial charge in [-0.05, 0) is 31.4 Å². The molecule has 0 aromatic heterocycles. The fourth-order valence-electron chi connectivity index (χ4n) is 2.34. The zero-order valence-corrected chi connectivity index (χ0v) is 9.92. The Morgan fingerprint density at radius 1 is 1.31 bits per heavy atom. The molecule has 16 heavy (non-hydrogen) atoms. The van der Waals surface area contributed by atoms with Crippen LogP contribution in [0.15, 0.2) is 18.2 Å². The predicted molar refractivity (Wildman–Crippen MR) is 66.0 cm³/mol. The van der Waals surface area contributed by atoms with Crippen molar-refractivity contribution >= 4 is 11.6 Å². The van der Waals surface area contributed by atoms with Gasteiger partial charge in [0.15, 0.2) is 0 Å². The number of aryl methyl sites for hydroxylation is 1. The number of anilines is 1. The van der Waals surface area contributed by atoms with Gasteiger partial charge in [0.1, 0.15) is 0 Å². The molecule has 1 aromatic carbocycles. The third kappa shape index (κ3) is 1.90. The summed E-state index contributed by atoms with van der Waals surface area (Å²) in [6.07, 6.45) is 2.45. The Morgan fingerprint density at radius 3 is 2.62 bits per heavy atom. The van der Waals surface area contributed by atoms with Crippen molar-refractivity contribution in [2.24, 2.45) is 0 Å². The number of para-hydroxylation sites is 1. The Balaban J connectivity index is 2.43. The normalized spacial score (nSPS) is 15.2. The Labute approximate surface area is 96.5 Å². The molecule has 1 amide bonds. The smallest absolute Gasteiger partial charge is 0.253 e. The molecule has 0 atom stereocenters. The number of nitrogens with one attached hydrogen (secondary N) is 1. The first kappa shape index (κ1) is 11.0. The first-order chi connectivity index (χ1) is 7.74. The van der Waals surface area contributed by atoms with Crippen LogP contribution in [0.5, 0.6) is 0 Å². The van der Waals surface area contributed by atoms with E-state index >= 15 is 0 Å². The van der Waals surface area contributed by atoms with Crippen molar-refractivity contribution in [3.63, 3.8) is 0 Å². The summed E-state index contributed by atoms with van der Waals surface area (Å²) < 4.78 is 0. The highest BCUT2D eigenvalue weighted by Gasteiger charge is 2.20. The fraction of sp³-hybridized carbons (Fsp3) is 0.462. The lowest BCUT2D eigenvalue weighted by Crippen LogP contribution is -2.25. The second kappa shape index (κ2) is 4.56. The van der Waals surface area contributed by atoms with Crippen molar-refractivity contribution < 1.29 is 4.79 Å². The lowest BCUT2D eigenvalue weighted by Gasteiger charge is -2.23. The van der Waals surface area contributed by atoms with Crippen LogP contribution in [0.25, 0.3) is 0 Å². The fourth-order valence-corrected chi connectivity index (χ4v) is 2.34. The monoisotopic (exact) mass is 218 g/mol. The number of carbonyl (C=O) groups is 1. The molecule has 3 heteroatoms. The molecule has 1 fully saturated rings. The minimum Gasteiger partial charge on any atom is -0.371 e. The van der Waals surface area contributed by atoms with Crippen LogP contribution in [0, 0.1) is 6.92 Å². The van der Waals surface area contributed by atoms with Gasteiger partial charge >= 0.3 is 0 Å². The Kier molecular flexibility index (Phi) is 3.13. The molecule has 1 N–H and O–H groups in total. The molecule has 0 unspecified atom stereocenters. The van der Waals surface area contributed by atoms with Crippen molar-refractivity contribution in [1.82, 2.24) is 5.32 Å². The number of carbonyl (C=O) groups excluding carboxylic acids is 1. The Hall–Kier alpha value is -1.51.